The molecule has 0 radical (unpaired) electrons. The summed E-state index contributed by atoms with van der Waals surface area (Å²) in [5.74, 6) is -0.0268. The summed E-state index contributed by atoms with van der Waals surface area (Å²) >= 11 is 2.21. The predicted molar refractivity (Wildman–Crippen MR) is 74.9 cm³/mol. The second-order valence-electron chi connectivity index (χ2n) is 4.24. The number of β-amino-alcohol motifs (C(OH)–C–C–N with tert-alkyl or cyclic N) is 1. The van der Waals surface area contributed by atoms with Gasteiger partial charge in [-0.05, 0) is 47.2 Å². The predicted octanol–water partition coefficient (Wildman–Crippen LogP) is 1.30. The summed E-state index contributed by atoms with van der Waals surface area (Å²) in [6.07, 6.45) is 0.483. The summed E-state index contributed by atoms with van der Waals surface area (Å²) in [4.78, 5) is 13.7. The van der Waals surface area contributed by atoms with E-state index in [1.807, 2.05) is 29.2 Å². The SMILES string of the molecule is O=C(CN1CC[C@H](O)C1)Nc1cccc(I)c1. The number of nitrogens with zero attached hydrogens (tertiary/aromatic N) is 1. The fraction of sp³-hybridized carbons (Fsp3) is 0.417. The summed E-state index contributed by atoms with van der Waals surface area (Å²) in [6.45, 7) is 1.74. The lowest BCUT2D eigenvalue weighted by Crippen LogP contribution is -2.32. The van der Waals surface area contributed by atoms with Crippen LogP contribution in [0.1, 0.15) is 6.42 Å². The highest BCUT2D eigenvalue weighted by Gasteiger charge is 2.21. The van der Waals surface area contributed by atoms with E-state index in [0.717, 1.165) is 22.2 Å². The molecule has 17 heavy (non-hydrogen) atoms. The first-order chi connectivity index (χ1) is 8.13. The fourth-order valence-electron chi connectivity index (χ4n) is 1.93. The van der Waals surface area contributed by atoms with E-state index >= 15 is 0 Å². The maximum absolute atomic E-state index is 11.7. The van der Waals surface area contributed by atoms with Gasteiger partial charge in [-0.25, -0.2) is 0 Å². The van der Waals surface area contributed by atoms with Crippen LogP contribution in [-0.2, 0) is 4.79 Å². The van der Waals surface area contributed by atoms with Gasteiger partial charge in [0.2, 0.25) is 5.91 Å². The fourth-order valence-corrected chi connectivity index (χ4v) is 2.47. The molecule has 1 aliphatic heterocycles. The average molecular weight is 346 g/mol. The van der Waals surface area contributed by atoms with Crippen LogP contribution in [0.3, 0.4) is 0 Å². The van der Waals surface area contributed by atoms with Crippen molar-refractivity contribution in [3.05, 3.63) is 27.8 Å². The molecule has 2 rings (SSSR count). The summed E-state index contributed by atoms with van der Waals surface area (Å²) < 4.78 is 1.09. The minimum Gasteiger partial charge on any atom is -0.392 e. The van der Waals surface area contributed by atoms with Crippen LogP contribution in [0.4, 0.5) is 5.69 Å². The monoisotopic (exact) mass is 346 g/mol. The van der Waals surface area contributed by atoms with Crippen LogP contribution in [0.2, 0.25) is 0 Å². The van der Waals surface area contributed by atoms with Gasteiger partial charge in [0.05, 0.1) is 12.6 Å². The van der Waals surface area contributed by atoms with Crippen molar-refractivity contribution in [2.45, 2.75) is 12.5 Å². The smallest absolute Gasteiger partial charge is 0.238 e. The van der Waals surface area contributed by atoms with Gasteiger partial charge in [-0.15, -0.1) is 0 Å². The number of aliphatic hydroxyl groups excluding tert-OH is 1. The quantitative estimate of drug-likeness (QED) is 0.812. The Balaban J connectivity index is 1.85. The number of rotatable bonds is 3. The highest BCUT2D eigenvalue weighted by atomic mass is 127. The lowest BCUT2D eigenvalue weighted by Gasteiger charge is -2.14. The molecule has 0 saturated carbocycles. The molecule has 4 nitrogen and oxygen atoms in total. The van der Waals surface area contributed by atoms with E-state index in [4.69, 9.17) is 0 Å². The van der Waals surface area contributed by atoms with Crippen LogP contribution in [0.25, 0.3) is 0 Å². The number of amides is 1. The van der Waals surface area contributed by atoms with Crippen LogP contribution in [0.15, 0.2) is 24.3 Å². The Bertz CT molecular complexity index is 411. The summed E-state index contributed by atoms with van der Waals surface area (Å²) in [7, 11) is 0. The van der Waals surface area contributed by atoms with Crippen molar-refractivity contribution in [2.75, 3.05) is 25.0 Å². The molecule has 0 bridgehead atoms. The van der Waals surface area contributed by atoms with Crippen molar-refractivity contribution in [3.8, 4) is 0 Å². The molecule has 1 aromatic rings. The first-order valence-electron chi connectivity index (χ1n) is 5.59. The Morgan fingerprint density at radius 1 is 1.59 bits per heavy atom. The van der Waals surface area contributed by atoms with Crippen LogP contribution < -0.4 is 5.32 Å². The second-order valence-corrected chi connectivity index (χ2v) is 5.48. The van der Waals surface area contributed by atoms with Gasteiger partial charge < -0.3 is 10.4 Å². The molecule has 1 heterocycles. The molecule has 2 N–H and O–H groups in total. The number of likely N-dealkylation sites (tertiary alicyclic amines) is 1. The van der Waals surface area contributed by atoms with Crippen molar-refractivity contribution < 1.29 is 9.90 Å². The second kappa shape index (κ2) is 5.79. The zero-order valence-electron chi connectivity index (χ0n) is 9.40. The van der Waals surface area contributed by atoms with Gasteiger partial charge in [0.1, 0.15) is 0 Å². The van der Waals surface area contributed by atoms with E-state index in [-0.39, 0.29) is 12.0 Å². The minimum absolute atomic E-state index is 0.0268. The Kier molecular flexibility index (Phi) is 4.36. The zero-order chi connectivity index (χ0) is 12.3. The van der Waals surface area contributed by atoms with Gasteiger partial charge >= 0.3 is 0 Å². The van der Waals surface area contributed by atoms with Crippen LogP contribution in [-0.4, -0.2) is 41.7 Å². The first-order valence-corrected chi connectivity index (χ1v) is 6.67. The van der Waals surface area contributed by atoms with E-state index in [1.165, 1.54) is 0 Å². The largest absolute Gasteiger partial charge is 0.392 e. The Morgan fingerprint density at radius 2 is 2.41 bits per heavy atom. The van der Waals surface area contributed by atoms with Gasteiger partial charge in [-0.3, -0.25) is 9.69 Å². The first kappa shape index (κ1) is 12.8. The van der Waals surface area contributed by atoms with Crippen molar-refractivity contribution in [3.63, 3.8) is 0 Å². The molecular formula is C12H15IN2O2. The number of nitrogens with one attached hydrogen (secondary N) is 1. The standard InChI is InChI=1S/C12H15IN2O2/c13-9-2-1-3-10(6-9)14-12(17)8-15-5-4-11(16)7-15/h1-3,6,11,16H,4-5,7-8H2,(H,14,17)/t11-/m0/s1. The normalized spacial score (nSPS) is 20.5. The van der Waals surface area contributed by atoms with Crippen molar-refractivity contribution in [1.29, 1.82) is 0 Å². The number of halogens is 1. The number of benzene rings is 1. The molecule has 1 atom stereocenters. The average Bonchev–Trinajstić information content (AvgIpc) is 2.63. The third-order valence-corrected chi connectivity index (χ3v) is 3.39. The third-order valence-electron chi connectivity index (χ3n) is 2.72. The van der Waals surface area contributed by atoms with E-state index in [2.05, 4.69) is 27.9 Å². The van der Waals surface area contributed by atoms with Gasteiger partial charge in [0.25, 0.3) is 0 Å². The molecule has 92 valence electrons. The zero-order valence-corrected chi connectivity index (χ0v) is 11.6. The lowest BCUT2D eigenvalue weighted by molar-refractivity contribution is -0.117. The minimum atomic E-state index is -0.277. The third kappa shape index (κ3) is 3.93. The summed E-state index contributed by atoms with van der Waals surface area (Å²) in [6, 6.07) is 7.69. The van der Waals surface area contributed by atoms with E-state index in [9.17, 15) is 9.90 Å². The maximum Gasteiger partial charge on any atom is 0.238 e. The molecule has 1 aliphatic rings. The molecule has 1 amide bonds. The molecule has 1 saturated heterocycles. The van der Waals surface area contributed by atoms with E-state index in [0.29, 0.717) is 13.1 Å². The molecule has 0 unspecified atom stereocenters. The molecular weight excluding hydrogens is 331 g/mol. The number of aliphatic hydroxyl groups is 1. The summed E-state index contributed by atoms with van der Waals surface area (Å²) in [5, 5.41) is 12.2. The lowest BCUT2D eigenvalue weighted by atomic mass is 10.3. The molecule has 1 fully saturated rings. The Morgan fingerprint density at radius 3 is 3.06 bits per heavy atom. The van der Waals surface area contributed by atoms with E-state index < -0.39 is 0 Å². The summed E-state index contributed by atoms with van der Waals surface area (Å²) in [5.41, 5.74) is 0.821. The highest BCUT2D eigenvalue weighted by Crippen LogP contribution is 2.13. The number of carbonyl (C=O) groups excluding carboxylic acids is 1. The molecule has 0 aliphatic carbocycles. The van der Waals surface area contributed by atoms with E-state index in [1.54, 1.807) is 0 Å². The molecule has 0 spiro atoms. The number of hydrogen-bond acceptors (Lipinski definition) is 3. The van der Waals surface area contributed by atoms with Crippen molar-refractivity contribution in [1.82, 2.24) is 4.90 Å². The Labute approximate surface area is 114 Å². The van der Waals surface area contributed by atoms with Gasteiger partial charge in [-0.2, -0.15) is 0 Å². The van der Waals surface area contributed by atoms with Gasteiger partial charge in [0.15, 0.2) is 0 Å². The van der Waals surface area contributed by atoms with Crippen molar-refractivity contribution >= 4 is 34.2 Å². The van der Waals surface area contributed by atoms with Gasteiger partial charge in [-0.1, -0.05) is 6.07 Å². The number of carbonyl (C=O) groups is 1. The van der Waals surface area contributed by atoms with Gasteiger partial charge in [0, 0.05) is 22.3 Å². The number of anilines is 1. The molecule has 1 aromatic carbocycles. The maximum atomic E-state index is 11.7. The van der Waals surface area contributed by atoms with Crippen LogP contribution in [0.5, 0.6) is 0 Å². The van der Waals surface area contributed by atoms with Crippen molar-refractivity contribution in [2.24, 2.45) is 0 Å². The molecule has 0 aromatic heterocycles. The topological polar surface area (TPSA) is 52.6 Å². The molecule has 5 heteroatoms. The Hall–Kier alpha value is -0.660. The van der Waals surface area contributed by atoms with Crippen LogP contribution in [0, 0.1) is 3.57 Å². The van der Waals surface area contributed by atoms with Crippen LogP contribution >= 0.6 is 22.6 Å². The highest BCUT2D eigenvalue weighted by molar-refractivity contribution is 14.1. The number of hydrogen-bond donors (Lipinski definition) is 2.